The van der Waals surface area contributed by atoms with Gasteiger partial charge in [0, 0.05) is 4.47 Å². The fourth-order valence-corrected chi connectivity index (χ4v) is 1.87. The molecule has 1 unspecified atom stereocenters. The second kappa shape index (κ2) is 6.06. The average Bonchev–Trinajstić information content (AvgIpc) is 2.22. The van der Waals surface area contributed by atoms with E-state index in [2.05, 4.69) is 35.0 Å². The van der Waals surface area contributed by atoms with E-state index in [4.69, 9.17) is 0 Å². The molecule has 0 aromatic heterocycles. The summed E-state index contributed by atoms with van der Waals surface area (Å²) >= 11 is 3.36. The first-order chi connectivity index (χ1) is 7.15. The molecule has 0 fully saturated rings. The van der Waals surface area contributed by atoms with Crippen molar-refractivity contribution in [3.8, 4) is 0 Å². The molecule has 0 amide bonds. The van der Waals surface area contributed by atoms with Gasteiger partial charge in [0.2, 0.25) is 0 Å². The predicted octanol–water partition coefficient (Wildman–Crippen LogP) is 5.05. The molecule has 1 aromatic carbocycles. The van der Waals surface area contributed by atoms with Gasteiger partial charge in [0.15, 0.2) is 0 Å². The Morgan fingerprint density at radius 1 is 1.40 bits per heavy atom. The lowest BCUT2D eigenvalue weighted by Gasteiger charge is -2.10. The molecule has 0 heterocycles. The van der Waals surface area contributed by atoms with Gasteiger partial charge >= 0.3 is 0 Å². The highest BCUT2D eigenvalue weighted by Gasteiger charge is 2.09. The maximum absolute atomic E-state index is 13.5. The molecular weight excluding hydrogens is 255 g/mol. The van der Waals surface area contributed by atoms with E-state index < -0.39 is 0 Å². The minimum absolute atomic E-state index is 0.115. The third kappa shape index (κ3) is 3.78. The Balaban J connectivity index is 2.76. The molecule has 15 heavy (non-hydrogen) atoms. The zero-order chi connectivity index (χ0) is 11.3. The van der Waals surface area contributed by atoms with E-state index in [1.54, 1.807) is 6.07 Å². The van der Waals surface area contributed by atoms with Crippen LogP contribution < -0.4 is 0 Å². The van der Waals surface area contributed by atoms with Crippen molar-refractivity contribution >= 4 is 15.9 Å². The molecule has 82 valence electrons. The lowest BCUT2D eigenvalue weighted by atomic mass is 9.97. The van der Waals surface area contributed by atoms with Crippen molar-refractivity contribution in [1.29, 1.82) is 0 Å². The second-order valence-corrected chi connectivity index (χ2v) is 4.60. The maximum atomic E-state index is 13.5. The average molecular weight is 271 g/mol. The van der Waals surface area contributed by atoms with Gasteiger partial charge in [-0.05, 0) is 42.5 Å². The highest BCUT2D eigenvalue weighted by Crippen LogP contribution is 2.25. The standard InChI is InChI=1S/C13H16BrF/c1-3-4-5-6-10(2)12-9-11(14)7-8-13(12)15/h4-5,7-10H,3,6H2,1-2H3/b5-4-. The Morgan fingerprint density at radius 2 is 2.13 bits per heavy atom. The van der Waals surface area contributed by atoms with E-state index in [1.165, 1.54) is 6.07 Å². The first kappa shape index (κ1) is 12.4. The summed E-state index contributed by atoms with van der Waals surface area (Å²) in [5.74, 6) is 0.112. The molecule has 0 saturated carbocycles. The topological polar surface area (TPSA) is 0 Å². The summed E-state index contributed by atoms with van der Waals surface area (Å²) in [5.41, 5.74) is 0.783. The Labute approximate surface area is 99.3 Å². The lowest BCUT2D eigenvalue weighted by Crippen LogP contribution is -1.96. The second-order valence-electron chi connectivity index (χ2n) is 3.68. The molecule has 2 heteroatoms. The van der Waals surface area contributed by atoms with Gasteiger partial charge in [-0.25, -0.2) is 4.39 Å². The molecule has 0 saturated heterocycles. The van der Waals surface area contributed by atoms with Crippen molar-refractivity contribution in [2.45, 2.75) is 32.6 Å². The third-order valence-electron chi connectivity index (χ3n) is 2.38. The summed E-state index contributed by atoms with van der Waals surface area (Å²) in [6, 6.07) is 5.10. The van der Waals surface area contributed by atoms with Crippen LogP contribution in [0.5, 0.6) is 0 Å². The van der Waals surface area contributed by atoms with Crippen LogP contribution in [0.1, 0.15) is 38.2 Å². The number of hydrogen-bond acceptors (Lipinski definition) is 0. The monoisotopic (exact) mass is 270 g/mol. The molecule has 0 radical (unpaired) electrons. The van der Waals surface area contributed by atoms with E-state index in [0.717, 1.165) is 22.9 Å². The zero-order valence-corrected chi connectivity index (χ0v) is 10.7. The summed E-state index contributed by atoms with van der Waals surface area (Å²) in [6.45, 7) is 4.14. The number of allylic oxidation sites excluding steroid dienone is 2. The van der Waals surface area contributed by atoms with E-state index in [1.807, 2.05) is 13.0 Å². The number of halogens is 2. The quantitative estimate of drug-likeness (QED) is 0.672. The third-order valence-corrected chi connectivity index (χ3v) is 2.87. The number of rotatable bonds is 4. The SMILES string of the molecule is CC/C=C\CC(C)c1cc(Br)ccc1F. The molecule has 0 nitrogen and oxygen atoms in total. The number of benzene rings is 1. The molecule has 1 aromatic rings. The summed E-state index contributed by atoms with van der Waals surface area (Å²) in [7, 11) is 0. The van der Waals surface area contributed by atoms with Crippen LogP contribution in [-0.4, -0.2) is 0 Å². The summed E-state index contributed by atoms with van der Waals surface area (Å²) in [4.78, 5) is 0. The summed E-state index contributed by atoms with van der Waals surface area (Å²) in [5, 5.41) is 0. The van der Waals surface area contributed by atoms with Crippen LogP contribution in [0.4, 0.5) is 4.39 Å². The van der Waals surface area contributed by atoms with E-state index in [-0.39, 0.29) is 11.7 Å². The normalized spacial score (nSPS) is 13.3. The first-order valence-corrected chi connectivity index (χ1v) is 6.04. The van der Waals surface area contributed by atoms with Gasteiger partial charge in [0.25, 0.3) is 0 Å². The minimum Gasteiger partial charge on any atom is -0.207 e. The molecular formula is C13H16BrF. The van der Waals surface area contributed by atoms with Gasteiger partial charge in [-0.3, -0.25) is 0 Å². The van der Waals surface area contributed by atoms with Crippen molar-refractivity contribution < 1.29 is 4.39 Å². The van der Waals surface area contributed by atoms with Gasteiger partial charge in [0.1, 0.15) is 5.82 Å². The smallest absolute Gasteiger partial charge is 0.126 e. The van der Waals surface area contributed by atoms with E-state index in [0.29, 0.717) is 0 Å². The van der Waals surface area contributed by atoms with Crippen molar-refractivity contribution in [3.05, 3.63) is 46.2 Å². The molecule has 0 N–H and O–H groups in total. The predicted molar refractivity (Wildman–Crippen MR) is 66.6 cm³/mol. The molecule has 1 atom stereocenters. The molecule has 0 aliphatic carbocycles. The minimum atomic E-state index is -0.115. The Bertz CT molecular complexity index is 344. The number of hydrogen-bond donors (Lipinski definition) is 0. The van der Waals surface area contributed by atoms with Gasteiger partial charge in [0.05, 0.1) is 0 Å². The Hall–Kier alpha value is -0.630. The molecule has 0 spiro atoms. The molecule has 0 aliphatic heterocycles. The highest BCUT2D eigenvalue weighted by atomic mass is 79.9. The van der Waals surface area contributed by atoms with Crippen LogP contribution in [-0.2, 0) is 0 Å². The van der Waals surface area contributed by atoms with Crippen molar-refractivity contribution in [3.63, 3.8) is 0 Å². The van der Waals surface area contributed by atoms with Crippen LogP contribution in [0.25, 0.3) is 0 Å². The summed E-state index contributed by atoms with van der Waals surface area (Å²) < 4.78 is 14.4. The molecule has 1 rings (SSSR count). The summed E-state index contributed by atoms with van der Waals surface area (Å²) in [6.07, 6.45) is 6.16. The maximum Gasteiger partial charge on any atom is 0.126 e. The van der Waals surface area contributed by atoms with Crippen LogP contribution in [0, 0.1) is 5.82 Å². The van der Waals surface area contributed by atoms with Crippen molar-refractivity contribution in [1.82, 2.24) is 0 Å². The van der Waals surface area contributed by atoms with Gasteiger partial charge in [-0.1, -0.05) is 41.9 Å². The fraction of sp³-hybridized carbons (Fsp3) is 0.385. The van der Waals surface area contributed by atoms with Crippen molar-refractivity contribution in [2.75, 3.05) is 0 Å². The van der Waals surface area contributed by atoms with E-state index >= 15 is 0 Å². The van der Waals surface area contributed by atoms with Crippen LogP contribution >= 0.6 is 15.9 Å². The Kier molecular flexibility index (Phi) is 5.03. The van der Waals surface area contributed by atoms with Crippen LogP contribution in [0.15, 0.2) is 34.8 Å². The zero-order valence-electron chi connectivity index (χ0n) is 9.13. The Morgan fingerprint density at radius 3 is 2.80 bits per heavy atom. The van der Waals surface area contributed by atoms with Gasteiger partial charge < -0.3 is 0 Å². The lowest BCUT2D eigenvalue weighted by molar-refractivity contribution is 0.589. The highest BCUT2D eigenvalue weighted by molar-refractivity contribution is 9.10. The van der Waals surface area contributed by atoms with Crippen molar-refractivity contribution in [2.24, 2.45) is 0 Å². The van der Waals surface area contributed by atoms with Gasteiger partial charge in [-0.15, -0.1) is 0 Å². The van der Waals surface area contributed by atoms with Crippen LogP contribution in [0.2, 0.25) is 0 Å². The first-order valence-electron chi connectivity index (χ1n) is 5.25. The largest absolute Gasteiger partial charge is 0.207 e. The fourth-order valence-electron chi connectivity index (χ4n) is 1.49. The molecule has 0 bridgehead atoms. The van der Waals surface area contributed by atoms with Crippen LogP contribution in [0.3, 0.4) is 0 Å². The molecule has 0 aliphatic rings. The van der Waals surface area contributed by atoms with Gasteiger partial charge in [-0.2, -0.15) is 0 Å². The van der Waals surface area contributed by atoms with E-state index in [9.17, 15) is 4.39 Å².